The van der Waals surface area contributed by atoms with Crippen LogP contribution in [-0.2, 0) is 0 Å². The second kappa shape index (κ2) is 7.00. The summed E-state index contributed by atoms with van der Waals surface area (Å²) >= 11 is 0. The molecule has 0 spiro atoms. The van der Waals surface area contributed by atoms with Crippen molar-refractivity contribution in [1.29, 1.82) is 0 Å². The molecule has 5 nitrogen and oxygen atoms in total. The highest BCUT2D eigenvalue weighted by Crippen LogP contribution is 2.08. The van der Waals surface area contributed by atoms with Crippen LogP contribution in [0.25, 0.3) is 0 Å². The highest BCUT2D eigenvalue weighted by Gasteiger charge is 1.99. The first kappa shape index (κ1) is 12.7. The minimum Gasteiger partial charge on any atom is -0.393 e. The van der Waals surface area contributed by atoms with E-state index in [1.165, 1.54) is 6.33 Å². The van der Waals surface area contributed by atoms with Crippen molar-refractivity contribution in [3.8, 4) is 0 Å². The quantitative estimate of drug-likeness (QED) is 0.654. The Morgan fingerprint density at radius 1 is 1.25 bits per heavy atom. The summed E-state index contributed by atoms with van der Waals surface area (Å²) in [6.45, 7) is 5.50. The molecule has 0 saturated heterocycles. The second-order valence-electron chi connectivity index (χ2n) is 3.78. The third-order valence-corrected chi connectivity index (χ3v) is 2.09. The summed E-state index contributed by atoms with van der Waals surface area (Å²) in [7, 11) is 0. The molecule has 3 N–H and O–H groups in total. The van der Waals surface area contributed by atoms with Crippen LogP contribution in [0.2, 0.25) is 0 Å². The van der Waals surface area contributed by atoms with Crippen LogP contribution in [-0.4, -0.2) is 34.3 Å². The number of rotatable bonds is 7. The first-order valence-corrected chi connectivity index (χ1v) is 5.70. The van der Waals surface area contributed by atoms with Crippen LogP contribution in [0.4, 0.5) is 11.6 Å². The zero-order valence-electron chi connectivity index (χ0n) is 9.90. The average molecular weight is 224 g/mol. The maximum Gasteiger partial charge on any atom is 0.131 e. The van der Waals surface area contributed by atoms with Gasteiger partial charge in [-0.25, -0.2) is 9.97 Å². The van der Waals surface area contributed by atoms with Crippen LogP contribution in [0.3, 0.4) is 0 Å². The van der Waals surface area contributed by atoms with Crippen molar-refractivity contribution < 1.29 is 5.11 Å². The van der Waals surface area contributed by atoms with E-state index >= 15 is 0 Å². The summed E-state index contributed by atoms with van der Waals surface area (Å²) < 4.78 is 0. The minimum atomic E-state index is -0.285. The van der Waals surface area contributed by atoms with Crippen molar-refractivity contribution in [3.05, 3.63) is 12.4 Å². The molecule has 5 heteroatoms. The molecule has 1 atom stereocenters. The van der Waals surface area contributed by atoms with E-state index in [9.17, 15) is 0 Å². The summed E-state index contributed by atoms with van der Waals surface area (Å²) in [5, 5.41) is 15.5. The molecule has 0 fully saturated rings. The topological polar surface area (TPSA) is 70.1 Å². The summed E-state index contributed by atoms with van der Waals surface area (Å²) in [6, 6.07) is 1.87. The SMILES string of the molecule is CCCNc1cc(NCCC(C)O)ncn1. The number of aliphatic hydroxyl groups is 1. The zero-order valence-corrected chi connectivity index (χ0v) is 9.90. The number of hydrogen-bond donors (Lipinski definition) is 3. The second-order valence-corrected chi connectivity index (χ2v) is 3.78. The molecule has 0 radical (unpaired) electrons. The van der Waals surface area contributed by atoms with Gasteiger partial charge in [-0.15, -0.1) is 0 Å². The number of nitrogens with zero attached hydrogens (tertiary/aromatic N) is 2. The fourth-order valence-electron chi connectivity index (χ4n) is 1.21. The van der Waals surface area contributed by atoms with Crippen molar-refractivity contribution in [2.45, 2.75) is 32.8 Å². The van der Waals surface area contributed by atoms with Gasteiger partial charge in [0, 0.05) is 19.2 Å². The molecular formula is C11H20N4O. The Morgan fingerprint density at radius 3 is 2.44 bits per heavy atom. The van der Waals surface area contributed by atoms with Crippen LogP contribution < -0.4 is 10.6 Å². The van der Waals surface area contributed by atoms with E-state index in [1.807, 2.05) is 6.07 Å². The molecule has 90 valence electrons. The molecule has 0 aliphatic rings. The van der Waals surface area contributed by atoms with E-state index < -0.39 is 0 Å². The summed E-state index contributed by atoms with van der Waals surface area (Å²) in [5.41, 5.74) is 0. The molecule has 0 aliphatic heterocycles. The zero-order chi connectivity index (χ0) is 11.8. The summed E-state index contributed by atoms with van der Waals surface area (Å²) in [6.07, 6.45) is 3.02. The van der Waals surface area contributed by atoms with Gasteiger partial charge in [0.1, 0.15) is 18.0 Å². The van der Waals surface area contributed by atoms with Gasteiger partial charge in [0.15, 0.2) is 0 Å². The van der Waals surface area contributed by atoms with Gasteiger partial charge in [-0.05, 0) is 19.8 Å². The Balaban J connectivity index is 2.40. The van der Waals surface area contributed by atoms with Crippen LogP contribution in [0.5, 0.6) is 0 Å². The standard InChI is InChI=1S/C11H20N4O/c1-3-5-12-10-7-11(15-8-14-10)13-6-4-9(2)16/h7-9,16H,3-6H2,1-2H3,(H2,12,13,14,15). The van der Waals surface area contributed by atoms with Gasteiger partial charge < -0.3 is 15.7 Å². The average Bonchev–Trinajstić information content (AvgIpc) is 2.26. The smallest absolute Gasteiger partial charge is 0.131 e. The largest absolute Gasteiger partial charge is 0.393 e. The van der Waals surface area contributed by atoms with Crippen LogP contribution in [0.15, 0.2) is 12.4 Å². The molecule has 0 bridgehead atoms. The molecule has 16 heavy (non-hydrogen) atoms. The fourth-order valence-corrected chi connectivity index (χ4v) is 1.21. The van der Waals surface area contributed by atoms with E-state index in [-0.39, 0.29) is 6.10 Å². The first-order valence-electron chi connectivity index (χ1n) is 5.70. The van der Waals surface area contributed by atoms with Gasteiger partial charge in [-0.2, -0.15) is 0 Å². The van der Waals surface area contributed by atoms with Crippen LogP contribution >= 0.6 is 0 Å². The lowest BCUT2D eigenvalue weighted by atomic mass is 10.3. The highest BCUT2D eigenvalue weighted by atomic mass is 16.3. The maximum absolute atomic E-state index is 9.12. The van der Waals surface area contributed by atoms with Gasteiger partial charge in [0.25, 0.3) is 0 Å². The molecular weight excluding hydrogens is 204 g/mol. The molecule has 1 unspecified atom stereocenters. The van der Waals surface area contributed by atoms with Gasteiger partial charge in [-0.3, -0.25) is 0 Å². The van der Waals surface area contributed by atoms with E-state index in [0.717, 1.165) is 24.6 Å². The third kappa shape index (κ3) is 4.93. The van der Waals surface area contributed by atoms with E-state index in [4.69, 9.17) is 5.11 Å². The fraction of sp³-hybridized carbons (Fsp3) is 0.636. The lowest BCUT2D eigenvalue weighted by Gasteiger charge is -2.08. The Kier molecular flexibility index (Phi) is 5.56. The predicted molar refractivity (Wildman–Crippen MR) is 65.6 cm³/mol. The van der Waals surface area contributed by atoms with Crippen LogP contribution in [0.1, 0.15) is 26.7 Å². The Morgan fingerprint density at radius 2 is 1.88 bits per heavy atom. The minimum absolute atomic E-state index is 0.285. The van der Waals surface area contributed by atoms with Crippen LogP contribution in [0, 0.1) is 0 Å². The van der Waals surface area contributed by atoms with Gasteiger partial charge >= 0.3 is 0 Å². The van der Waals surface area contributed by atoms with E-state index in [2.05, 4.69) is 27.5 Å². The van der Waals surface area contributed by atoms with Gasteiger partial charge in [0.2, 0.25) is 0 Å². The number of aliphatic hydroxyl groups excluding tert-OH is 1. The van der Waals surface area contributed by atoms with Crippen molar-refractivity contribution in [2.24, 2.45) is 0 Å². The Hall–Kier alpha value is -1.36. The number of nitrogens with one attached hydrogen (secondary N) is 2. The number of aromatic nitrogens is 2. The molecule has 1 heterocycles. The summed E-state index contributed by atoms with van der Waals surface area (Å²) in [5.74, 6) is 1.62. The third-order valence-electron chi connectivity index (χ3n) is 2.09. The lowest BCUT2D eigenvalue weighted by molar-refractivity contribution is 0.188. The Bertz CT molecular complexity index is 304. The Labute approximate surface area is 96.3 Å². The molecule has 0 amide bonds. The first-order chi connectivity index (χ1) is 7.72. The molecule has 1 aromatic rings. The maximum atomic E-state index is 9.12. The van der Waals surface area contributed by atoms with Gasteiger partial charge in [0.05, 0.1) is 6.10 Å². The molecule has 1 rings (SSSR count). The molecule has 0 aliphatic carbocycles. The molecule has 0 aromatic carbocycles. The van der Waals surface area contributed by atoms with E-state index in [0.29, 0.717) is 13.0 Å². The predicted octanol–water partition coefficient (Wildman–Crippen LogP) is 1.48. The number of hydrogen-bond acceptors (Lipinski definition) is 5. The lowest BCUT2D eigenvalue weighted by Crippen LogP contribution is -2.11. The number of anilines is 2. The molecule has 1 aromatic heterocycles. The monoisotopic (exact) mass is 224 g/mol. The molecule has 0 saturated carbocycles. The summed E-state index contributed by atoms with van der Waals surface area (Å²) in [4.78, 5) is 8.21. The normalized spacial score (nSPS) is 12.2. The van der Waals surface area contributed by atoms with E-state index in [1.54, 1.807) is 6.92 Å². The van der Waals surface area contributed by atoms with Crippen molar-refractivity contribution >= 4 is 11.6 Å². The van der Waals surface area contributed by atoms with Crippen molar-refractivity contribution in [2.75, 3.05) is 23.7 Å². The van der Waals surface area contributed by atoms with Crippen molar-refractivity contribution in [3.63, 3.8) is 0 Å². The van der Waals surface area contributed by atoms with Crippen molar-refractivity contribution in [1.82, 2.24) is 9.97 Å². The van der Waals surface area contributed by atoms with Gasteiger partial charge in [-0.1, -0.05) is 6.92 Å². The highest BCUT2D eigenvalue weighted by molar-refractivity contribution is 5.46.